The number of aromatic amines is 1. The van der Waals surface area contributed by atoms with Crippen molar-refractivity contribution in [2.45, 2.75) is 13.0 Å². The highest BCUT2D eigenvalue weighted by Gasteiger charge is 2.06. The van der Waals surface area contributed by atoms with Gasteiger partial charge in [-0.2, -0.15) is 5.10 Å². The van der Waals surface area contributed by atoms with E-state index < -0.39 is 0 Å². The van der Waals surface area contributed by atoms with Crippen LogP contribution in [0.25, 0.3) is 10.8 Å². The smallest absolute Gasteiger partial charge is 0.315 e. The minimum absolute atomic E-state index is 0.222. The van der Waals surface area contributed by atoms with Crippen molar-refractivity contribution in [1.82, 2.24) is 20.8 Å². The molecule has 7 nitrogen and oxygen atoms in total. The van der Waals surface area contributed by atoms with E-state index in [9.17, 15) is 9.59 Å². The molecule has 0 saturated carbocycles. The zero-order valence-electron chi connectivity index (χ0n) is 14.9. The van der Waals surface area contributed by atoms with E-state index in [-0.39, 0.29) is 11.6 Å². The van der Waals surface area contributed by atoms with Gasteiger partial charge in [-0.05, 0) is 30.2 Å². The largest absolute Gasteiger partial charge is 0.368 e. The Kier molecular flexibility index (Phi) is 6.73. The van der Waals surface area contributed by atoms with Gasteiger partial charge in [0.25, 0.3) is 5.56 Å². The van der Waals surface area contributed by atoms with Crippen molar-refractivity contribution in [1.29, 1.82) is 0 Å². The molecule has 3 aromatic rings. The average Bonchev–Trinajstić information content (AvgIpc) is 2.69. The number of hydrogen-bond donors (Lipinski definition) is 4. The first-order valence-corrected chi connectivity index (χ1v) is 9.47. The monoisotopic (exact) mass is 419 g/mol. The van der Waals surface area contributed by atoms with Crippen LogP contribution in [0.4, 0.5) is 10.6 Å². The number of halogens is 2. The van der Waals surface area contributed by atoms with Crippen LogP contribution < -0.4 is 21.5 Å². The molecule has 2 aromatic carbocycles. The topological polar surface area (TPSA) is 98.9 Å². The molecule has 3 rings (SSSR count). The highest BCUT2D eigenvalue weighted by Crippen LogP contribution is 2.20. The minimum atomic E-state index is -0.279. The lowest BCUT2D eigenvalue weighted by molar-refractivity contribution is 0.240. The Labute approximate surface area is 171 Å². The average molecular weight is 420 g/mol. The number of carbonyl (C=O) groups excluding carboxylic acids is 1. The number of nitrogens with zero attached hydrogens (tertiary/aromatic N) is 1. The van der Waals surface area contributed by atoms with Crippen LogP contribution in [0.1, 0.15) is 12.0 Å². The molecule has 0 unspecified atom stereocenters. The van der Waals surface area contributed by atoms with E-state index in [2.05, 4.69) is 26.1 Å². The van der Waals surface area contributed by atoms with Crippen molar-refractivity contribution in [3.05, 3.63) is 68.4 Å². The first-order valence-electron chi connectivity index (χ1n) is 8.71. The zero-order chi connectivity index (χ0) is 19.9. The molecule has 0 spiro atoms. The lowest BCUT2D eigenvalue weighted by atomic mass is 10.2. The van der Waals surface area contributed by atoms with Gasteiger partial charge >= 0.3 is 6.03 Å². The molecule has 1 aromatic heterocycles. The molecule has 28 heavy (non-hydrogen) atoms. The lowest BCUT2D eigenvalue weighted by Crippen LogP contribution is -2.36. The molecule has 0 aliphatic heterocycles. The number of aromatic nitrogens is 2. The van der Waals surface area contributed by atoms with Crippen molar-refractivity contribution in [3.63, 3.8) is 0 Å². The van der Waals surface area contributed by atoms with Gasteiger partial charge in [0.1, 0.15) is 0 Å². The number of amides is 2. The number of nitrogens with one attached hydrogen (secondary N) is 4. The third-order valence-electron chi connectivity index (χ3n) is 4.08. The Hall–Kier alpha value is -2.77. The molecule has 2 amide bonds. The first-order chi connectivity index (χ1) is 13.5. The van der Waals surface area contributed by atoms with Crippen molar-refractivity contribution >= 4 is 45.8 Å². The Morgan fingerprint density at radius 1 is 1.04 bits per heavy atom. The van der Waals surface area contributed by atoms with Crippen LogP contribution >= 0.6 is 23.2 Å². The summed E-state index contributed by atoms with van der Waals surface area (Å²) in [6.07, 6.45) is 0.685. The van der Waals surface area contributed by atoms with Gasteiger partial charge in [0, 0.05) is 35.1 Å². The second kappa shape index (κ2) is 9.43. The van der Waals surface area contributed by atoms with Crippen LogP contribution in [0.5, 0.6) is 0 Å². The van der Waals surface area contributed by atoms with Crippen molar-refractivity contribution in [2.24, 2.45) is 0 Å². The second-order valence-electron chi connectivity index (χ2n) is 6.07. The van der Waals surface area contributed by atoms with Gasteiger partial charge in [-0.1, -0.05) is 47.5 Å². The summed E-state index contributed by atoms with van der Waals surface area (Å²) in [7, 11) is 0. The molecular weight excluding hydrogens is 401 g/mol. The molecule has 0 bridgehead atoms. The fourth-order valence-electron chi connectivity index (χ4n) is 2.65. The lowest BCUT2D eigenvalue weighted by Gasteiger charge is -2.10. The van der Waals surface area contributed by atoms with E-state index in [1.165, 1.54) is 0 Å². The molecule has 0 aliphatic carbocycles. The number of urea groups is 1. The third-order valence-corrected chi connectivity index (χ3v) is 4.67. The number of carbonyl (C=O) groups is 1. The Morgan fingerprint density at radius 3 is 2.61 bits per heavy atom. The van der Waals surface area contributed by atoms with Crippen molar-refractivity contribution < 1.29 is 4.79 Å². The van der Waals surface area contributed by atoms with Crippen LogP contribution in [0.15, 0.2) is 47.3 Å². The van der Waals surface area contributed by atoms with Crippen LogP contribution in [0.3, 0.4) is 0 Å². The van der Waals surface area contributed by atoms with E-state index in [4.69, 9.17) is 23.2 Å². The molecule has 0 fully saturated rings. The van der Waals surface area contributed by atoms with Gasteiger partial charge in [0.05, 0.1) is 5.39 Å². The summed E-state index contributed by atoms with van der Waals surface area (Å²) in [4.78, 5) is 23.6. The van der Waals surface area contributed by atoms with Gasteiger partial charge in [-0.25, -0.2) is 9.89 Å². The molecular formula is C19H19Cl2N5O2. The molecule has 146 valence electrons. The summed E-state index contributed by atoms with van der Waals surface area (Å²) in [5.41, 5.74) is 0.569. The highest BCUT2D eigenvalue weighted by molar-refractivity contribution is 6.35. The van der Waals surface area contributed by atoms with Crippen LogP contribution in [-0.4, -0.2) is 29.3 Å². The predicted molar refractivity (Wildman–Crippen MR) is 112 cm³/mol. The summed E-state index contributed by atoms with van der Waals surface area (Å²) >= 11 is 11.9. The van der Waals surface area contributed by atoms with Crippen molar-refractivity contribution in [3.8, 4) is 0 Å². The SMILES string of the molecule is O=C(NCCCNc1n[nH]c(=O)c2ccccc12)NCc1ccc(Cl)cc1Cl. The molecule has 0 radical (unpaired) electrons. The van der Waals surface area contributed by atoms with Crippen molar-refractivity contribution in [2.75, 3.05) is 18.4 Å². The van der Waals surface area contributed by atoms with E-state index in [0.29, 0.717) is 47.3 Å². The fourth-order valence-corrected chi connectivity index (χ4v) is 3.12. The highest BCUT2D eigenvalue weighted by atomic mass is 35.5. The number of hydrogen-bond acceptors (Lipinski definition) is 4. The molecule has 9 heteroatoms. The zero-order valence-corrected chi connectivity index (χ0v) is 16.4. The summed E-state index contributed by atoms with van der Waals surface area (Å²) in [6.45, 7) is 1.38. The van der Waals surface area contributed by atoms with Gasteiger partial charge in [-0.3, -0.25) is 4.79 Å². The second-order valence-corrected chi connectivity index (χ2v) is 6.92. The molecule has 0 saturated heterocycles. The van der Waals surface area contributed by atoms with E-state index in [0.717, 1.165) is 10.9 Å². The summed E-state index contributed by atoms with van der Waals surface area (Å²) < 4.78 is 0. The number of H-pyrrole nitrogens is 1. The van der Waals surface area contributed by atoms with Gasteiger partial charge in [-0.15, -0.1) is 0 Å². The predicted octanol–water partition coefficient (Wildman–Crippen LogP) is 3.53. The number of rotatable bonds is 7. The van der Waals surface area contributed by atoms with Gasteiger partial charge in [0.2, 0.25) is 0 Å². The Balaban J connectivity index is 1.41. The number of anilines is 1. The van der Waals surface area contributed by atoms with E-state index >= 15 is 0 Å². The standard InChI is InChI=1S/C19H19Cl2N5O2/c20-13-7-6-12(16(21)10-13)11-24-19(28)23-9-3-8-22-17-14-4-1-2-5-15(14)18(27)26-25-17/h1-2,4-7,10H,3,8-9,11H2,(H,22,25)(H,26,27)(H2,23,24,28). The van der Waals surface area contributed by atoms with Crippen LogP contribution in [0.2, 0.25) is 10.0 Å². The maximum atomic E-state index is 11.9. The Bertz CT molecular complexity index is 1040. The molecule has 0 aliphatic rings. The molecule has 1 heterocycles. The van der Waals surface area contributed by atoms with Crippen LogP contribution in [-0.2, 0) is 6.54 Å². The Morgan fingerprint density at radius 2 is 1.82 bits per heavy atom. The van der Waals surface area contributed by atoms with Crippen LogP contribution in [0, 0.1) is 0 Å². The summed E-state index contributed by atoms with van der Waals surface area (Å²) in [5.74, 6) is 0.608. The van der Waals surface area contributed by atoms with E-state index in [1.807, 2.05) is 12.1 Å². The number of fused-ring (bicyclic) bond motifs is 1. The van der Waals surface area contributed by atoms with E-state index in [1.54, 1.807) is 30.3 Å². The first kappa shape index (κ1) is 20.0. The number of benzene rings is 2. The quantitative estimate of drug-likeness (QED) is 0.440. The maximum Gasteiger partial charge on any atom is 0.315 e. The maximum absolute atomic E-state index is 11.9. The third kappa shape index (κ3) is 5.15. The fraction of sp³-hybridized carbons (Fsp3) is 0.211. The summed E-state index contributed by atoms with van der Waals surface area (Å²) in [5, 5.41) is 17.6. The van der Waals surface area contributed by atoms with Gasteiger partial charge in [0.15, 0.2) is 5.82 Å². The molecule has 0 atom stereocenters. The normalized spacial score (nSPS) is 10.6. The minimum Gasteiger partial charge on any atom is -0.368 e. The molecule has 4 N–H and O–H groups in total. The van der Waals surface area contributed by atoms with Gasteiger partial charge < -0.3 is 16.0 Å². The summed E-state index contributed by atoms with van der Waals surface area (Å²) in [6, 6.07) is 12.1.